The van der Waals surface area contributed by atoms with Crippen molar-refractivity contribution in [1.82, 2.24) is 25.4 Å². The van der Waals surface area contributed by atoms with E-state index in [0.29, 0.717) is 31.4 Å². The quantitative estimate of drug-likeness (QED) is 0.103. The molecule has 11 heteroatoms. The molecule has 5 atom stereocenters. The number of rotatable bonds is 21. The van der Waals surface area contributed by atoms with Gasteiger partial charge >= 0.3 is 5.97 Å². The van der Waals surface area contributed by atoms with Crippen LogP contribution in [-0.4, -0.2) is 89.9 Å². The number of benzene rings is 1. The number of nitrogens with zero attached hydrogens (tertiary/aromatic N) is 3. The van der Waals surface area contributed by atoms with Gasteiger partial charge in [-0.25, -0.2) is 4.98 Å². The van der Waals surface area contributed by atoms with Crippen LogP contribution in [0.3, 0.4) is 0 Å². The van der Waals surface area contributed by atoms with Crippen LogP contribution < -0.4 is 10.6 Å². The van der Waals surface area contributed by atoms with E-state index in [9.17, 15) is 19.2 Å². The number of carbonyl (C=O) groups excluding carboxylic acids is 4. The first-order valence-electron chi connectivity index (χ1n) is 20.6. The predicted octanol–water partition coefficient (Wildman–Crippen LogP) is 7.06. The van der Waals surface area contributed by atoms with Crippen molar-refractivity contribution in [3.05, 3.63) is 52.0 Å². The van der Waals surface area contributed by atoms with Gasteiger partial charge in [-0.2, -0.15) is 0 Å². The normalized spacial score (nSPS) is 18.7. The molecule has 2 N–H and O–H groups in total. The van der Waals surface area contributed by atoms with E-state index in [0.717, 1.165) is 55.3 Å². The second-order valence-electron chi connectivity index (χ2n) is 16.5. The van der Waals surface area contributed by atoms with Gasteiger partial charge in [0.05, 0.1) is 24.1 Å². The van der Waals surface area contributed by atoms with Crippen molar-refractivity contribution in [3.8, 4) is 0 Å². The zero-order valence-electron chi connectivity index (χ0n) is 34.0. The van der Waals surface area contributed by atoms with Crippen molar-refractivity contribution in [2.75, 3.05) is 27.2 Å². The molecule has 2 fully saturated rings. The highest BCUT2D eigenvalue weighted by Crippen LogP contribution is 2.31. The molecule has 2 heterocycles. The predicted molar refractivity (Wildman–Crippen MR) is 216 cm³/mol. The summed E-state index contributed by atoms with van der Waals surface area (Å²) in [4.78, 5) is 62.4. The first kappa shape index (κ1) is 43.4. The molecule has 3 amide bonds. The fraction of sp³-hybridized carbons (Fsp3) is 0.698. The molecule has 2 aromatic rings. The van der Waals surface area contributed by atoms with Gasteiger partial charge in [-0.15, -0.1) is 11.3 Å². The van der Waals surface area contributed by atoms with Crippen LogP contribution in [0.15, 0.2) is 35.7 Å². The molecule has 0 spiro atoms. The van der Waals surface area contributed by atoms with Gasteiger partial charge in [0, 0.05) is 30.9 Å². The maximum Gasteiger partial charge on any atom is 0.308 e. The van der Waals surface area contributed by atoms with Gasteiger partial charge in [0.1, 0.15) is 11.7 Å². The first-order valence-corrected chi connectivity index (χ1v) is 21.4. The number of ether oxygens (including phenoxy) is 1. The summed E-state index contributed by atoms with van der Waals surface area (Å²) in [5, 5.41) is 8.93. The number of likely N-dealkylation sites (tertiary alicyclic amines) is 1. The minimum Gasteiger partial charge on any atom is -0.469 e. The number of aryl methyl sites for hydroxylation is 1. The molecule has 1 aromatic heterocycles. The van der Waals surface area contributed by atoms with Crippen molar-refractivity contribution < 1.29 is 23.9 Å². The van der Waals surface area contributed by atoms with E-state index < -0.39 is 6.04 Å². The maximum atomic E-state index is 14.1. The lowest BCUT2D eigenvalue weighted by Gasteiger charge is -2.38. The Kier molecular flexibility index (Phi) is 17.4. The van der Waals surface area contributed by atoms with E-state index in [1.165, 1.54) is 50.6 Å². The van der Waals surface area contributed by atoms with E-state index in [1.807, 2.05) is 63.1 Å². The molecule has 1 aromatic carbocycles. The van der Waals surface area contributed by atoms with Crippen LogP contribution in [0.5, 0.6) is 0 Å². The smallest absolute Gasteiger partial charge is 0.308 e. The number of aromatic nitrogens is 1. The summed E-state index contributed by atoms with van der Waals surface area (Å²) in [6.07, 6.45) is 13.1. The lowest BCUT2D eigenvalue weighted by Crippen LogP contribution is -2.58. The Hall–Kier alpha value is -3.31. The highest BCUT2D eigenvalue weighted by Gasteiger charge is 2.35. The summed E-state index contributed by atoms with van der Waals surface area (Å²) >= 11 is 1.44. The zero-order chi connectivity index (χ0) is 39.2. The molecule has 1 saturated carbocycles. The second kappa shape index (κ2) is 21.7. The number of likely N-dealkylation sites (N-methyl/N-ethyl adjacent to an activating group) is 1. The monoisotopic (exact) mass is 765 g/mol. The number of carbonyl (C=O) groups is 4. The number of esters is 1. The van der Waals surface area contributed by atoms with Gasteiger partial charge in [0.15, 0.2) is 0 Å². The van der Waals surface area contributed by atoms with Crippen LogP contribution in [0.2, 0.25) is 0 Å². The Morgan fingerprint density at radius 2 is 1.70 bits per heavy atom. The molecule has 2 aliphatic rings. The summed E-state index contributed by atoms with van der Waals surface area (Å²) in [6, 6.07) is 8.76. The average molecular weight is 766 g/mol. The fourth-order valence-corrected chi connectivity index (χ4v) is 8.88. The molecule has 0 bridgehead atoms. The number of hydrogen-bond acceptors (Lipinski definition) is 8. The molecule has 4 rings (SSSR count). The number of methoxy groups -OCH3 is 1. The maximum absolute atomic E-state index is 14.1. The summed E-state index contributed by atoms with van der Waals surface area (Å²) < 4.78 is 4.94. The Bertz CT molecular complexity index is 1480. The van der Waals surface area contributed by atoms with Gasteiger partial charge < -0.3 is 20.3 Å². The Balaban J connectivity index is 1.34. The third-order valence-corrected chi connectivity index (χ3v) is 12.5. The molecule has 1 aliphatic carbocycles. The van der Waals surface area contributed by atoms with Crippen molar-refractivity contribution >= 4 is 35.0 Å². The van der Waals surface area contributed by atoms with Gasteiger partial charge in [-0.05, 0) is 74.9 Å². The fourth-order valence-electron chi connectivity index (χ4n) is 8.08. The third kappa shape index (κ3) is 12.9. The van der Waals surface area contributed by atoms with Crippen LogP contribution in [0.25, 0.3) is 0 Å². The number of piperidine rings is 1. The summed E-state index contributed by atoms with van der Waals surface area (Å²) in [7, 11) is 3.23. The van der Waals surface area contributed by atoms with Crippen molar-refractivity contribution in [3.63, 3.8) is 0 Å². The van der Waals surface area contributed by atoms with E-state index >= 15 is 0 Å². The average Bonchev–Trinajstić information content (AvgIpc) is 3.61. The van der Waals surface area contributed by atoms with E-state index in [4.69, 9.17) is 4.74 Å². The summed E-state index contributed by atoms with van der Waals surface area (Å²) in [5.74, 6) is -0.00161. The largest absolute Gasteiger partial charge is 0.469 e. The molecular formula is C43H67N5O5S. The van der Waals surface area contributed by atoms with Crippen LogP contribution in [-0.2, 0) is 32.0 Å². The Labute approximate surface area is 328 Å². The number of hydrogen-bond donors (Lipinski definition) is 2. The van der Waals surface area contributed by atoms with E-state index in [2.05, 4.69) is 34.4 Å². The molecule has 1 aliphatic heterocycles. The van der Waals surface area contributed by atoms with Crippen LogP contribution in [0.1, 0.15) is 126 Å². The van der Waals surface area contributed by atoms with Crippen LogP contribution in [0.4, 0.5) is 0 Å². The highest BCUT2D eigenvalue weighted by atomic mass is 32.1. The van der Waals surface area contributed by atoms with Crippen LogP contribution in [0, 0.1) is 23.7 Å². The second-order valence-corrected chi connectivity index (χ2v) is 17.5. The zero-order valence-corrected chi connectivity index (χ0v) is 34.8. The van der Waals surface area contributed by atoms with E-state index in [-0.39, 0.29) is 59.6 Å². The van der Waals surface area contributed by atoms with E-state index in [1.54, 1.807) is 5.38 Å². The van der Waals surface area contributed by atoms with Crippen molar-refractivity contribution in [2.45, 2.75) is 142 Å². The molecule has 1 saturated heterocycles. The highest BCUT2D eigenvalue weighted by molar-refractivity contribution is 7.09. The third-order valence-electron chi connectivity index (χ3n) is 11.6. The van der Waals surface area contributed by atoms with Crippen LogP contribution >= 0.6 is 11.3 Å². The molecule has 0 radical (unpaired) electrons. The SMILES string of the molecule is COC(=O)[C@@H](C)C[C@H](Cc1ccccc1)NC(=O)c1csc(CC[C@H](C(C)C)N(C)C(=O)[C@@H](NC(=O)[C@H]2CCCCN2CCCCC2CCC2)C(C)C)n1. The van der Waals surface area contributed by atoms with Gasteiger partial charge in [-0.3, -0.25) is 24.1 Å². The molecule has 0 unspecified atom stereocenters. The molecular weight excluding hydrogens is 699 g/mol. The lowest BCUT2D eigenvalue weighted by atomic mass is 9.82. The van der Waals surface area contributed by atoms with Gasteiger partial charge in [0.25, 0.3) is 5.91 Å². The van der Waals surface area contributed by atoms with Gasteiger partial charge in [0.2, 0.25) is 11.8 Å². The number of unbranched alkanes of at least 4 members (excludes halogenated alkanes) is 1. The Morgan fingerprint density at radius 3 is 2.35 bits per heavy atom. The summed E-state index contributed by atoms with van der Waals surface area (Å²) in [6.45, 7) is 11.9. The van der Waals surface area contributed by atoms with Crippen molar-refractivity contribution in [1.29, 1.82) is 0 Å². The molecule has 54 heavy (non-hydrogen) atoms. The topological polar surface area (TPSA) is 121 Å². The Morgan fingerprint density at radius 1 is 0.963 bits per heavy atom. The standard InChI is InChI=1S/C43H67N5O5S/c1-29(2)36(22-23-38-45-35(28-54-38)40(49)44-34(26-31(5)43(52)53-7)27-33-17-9-8-10-18-33)47(6)42(51)39(30(3)4)46-41(50)37-21-12-14-25-48(37)24-13-11-16-32-19-15-20-32/h8-10,17-18,28-32,34,36-37,39H,11-16,19-27H2,1-7H3,(H,44,49)(H,46,50)/t31-,34+,36+,37+,39-/m0/s1. The van der Waals surface area contributed by atoms with Gasteiger partial charge in [-0.1, -0.05) is 103 Å². The number of nitrogens with one attached hydrogen (secondary N) is 2. The minimum atomic E-state index is -0.605. The first-order chi connectivity index (χ1) is 25.9. The summed E-state index contributed by atoms with van der Waals surface area (Å²) in [5.41, 5.74) is 1.42. The number of thiazole rings is 1. The molecule has 10 nitrogen and oxygen atoms in total. The molecule has 300 valence electrons. The lowest BCUT2D eigenvalue weighted by molar-refractivity contribution is -0.145. The van der Waals surface area contributed by atoms with Crippen molar-refractivity contribution in [2.24, 2.45) is 23.7 Å². The minimum absolute atomic E-state index is 0.0189. The number of amides is 3.